The van der Waals surface area contributed by atoms with Crippen molar-refractivity contribution in [3.63, 3.8) is 0 Å². The zero-order chi connectivity index (χ0) is 24.5. The zero-order valence-electron chi connectivity index (χ0n) is 18.9. The number of aromatic nitrogens is 4. The number of hydrogen-bond acceptors (Lipinski definition) is 8. The summed E-state index contributed by atoms with van der Waals surface area (Å²) in [4.78, 5) is 12.8. The molecule has 5 N–H and O–H groups in total. The standard InChI is InChI=1S/C22H29ClFN5O4/c1-11(2)29-16-8-12(7-14(24)19(16)27-20(29)22(3,4)33)18-13(23)9-25-21(28-18)26-15(5-6-30)17(32)10-31/h7-9,11,15,17,30-33H,5-6,10H2,1-4H3,(H,25,26,28)/t15-,17-/m1/s1. The van der Waals surface area contributed by atoms with Gasteiger partial charge in [0.15, 0.2) is 5.82 Å². The van der Waals surface area contributed by atoms with Crippen molar-refractivity contribution in [2.45, 2.75) is 57.9 Å². The highest BCUT2D eigenvalue weighted by Crippen LogP contribution is 2.34. The van der Waals surface area contributed by atoms with E-state index in [4.69, 9.17) is 11.6 Å². The summed E-state index contributed by atoms with van der Waals surface area (Å²) in [6.07, 6.45) is 0.350. The molecule has 0 aliphatic heterocycles. The number of aliphatic hydroxyl groups is 4. The first-order valence-electron chi connectivity index (χ1n) is 10.6. The maximum atomic E-state index is 15.1. The van der Waals surface area contributed by atoms with E-state index >= 15 is 4.39 Å². The van der Waals surface area contributed by atoms with Crippen molar-refractivity contribution >= 4 is 28.6 Å². The van der Waals surface area contributed by atoms with E-state index in [-0.39, 0.29) is 41.3 Å². The van der Waals surface area contributed by atoms with Crippen LogP contribution in [0, 0.1) is 5.82 Å². The Balaban J connectivity index is 2.13. The van der Waals surface area contributed by atoms with E-state index in [0.29, 0.717) is 16.9 Å². The van der Waals surface area contributed by atoms with Crippen LogP contribution in [-0.4, -0.2) is 65.3 Å². The van der Waals surface area contributed by atoms with Gasteiger partial charge in [0.05, 0.1) is 41.2 Å². The summed E-state index contributed by atoms with van der Waals surface area (Å²) in [6, 6.07) is 2.15. The second-order valence-corrected chi connectivity index (χ2v) is 9.09. The predicted molar refractivity (Wildman–Crippen MR) is 124 cm³/mol. The van der Waals surface area contributed by atoms with Crippen molar-refractivity contribution in [2.24, 2.45) is 0 Å². The number of fused-ring (bicyclic) bond motifs is 1. The number of benzene rings is 1. The van der Waals surface area contributed by atoms with Crippen molar-refractivity contribution < 1.29 is 24.8 Å². The lowest BCUT2D eigenvalue weighted by Gasteiger charge is -2.22. The summed E-state index contributed by atoms with van der Waals surface area (Å²) in [5.41, 5.74) is -0.0507. The molecule has 9 nitrogen and oxygen atoms in total. The molecule has 1 aromatic carbocycles. The van der Waals surface area contributed by atoms with Gasteiger partial charge in [-0.2, -0.15) is 0 Å². The van der Waals surface area contributed by atoms with Gasteiger partial charge < -0.3 is 30.3 Å². The Morgan fingerprint density at radius 1 is 1.21 bits per heavy atom. The summed E-state index contributed by atoms with van der Waals surface area (Å²) < 4.78 is 16.9. The minimum Gasteiger partial charge on any atom is -0.396 e. The predicted octanol–water partition coefficient (Wildman–Crippen LogP) is 2.61. The zero-order valence-corrected chi connectivity index (χ0v) is 19.7. The molecule has 0 saturated carbocycles. The topological polar surface area (TPSA) is 137 Å². The Morgan fingerprint density at radius 3 is 2.48 bits per heavy atom. The van der Waals surface area contributed by atoms with Gasteiger partial charge in [-0.1, -0.05) is 11.6 Å². The minimum absolute atomic E-state index is 0.0930. The summed E-state index contributed by atoms with van der Waals surface area (Å²) >= 11 is 6.33. The number of imidazole rings is 1. The van der Waals surface area contributed by atoms with Crippen LogP contribution in [0.3, 0.4) is 0 Å². The lowest BCUT2D eigenvalue weighted by atomic mass is 10.1. The van der Waals surface area contributed by atoms with E-state index in [1.54, 1.807) is 24.5 Å². The van der Waals surface area contributed by atoms with Crippen molar-refractivity contribution in [1.82, 2.24) is 19.5 Å². The third-order valence-corrected chi connectivity index (χ3v) is 5.51. The van der Waals surface area contributed by atoms with E-state index in [2.05, 4.69) is 20.3 Å². The molecule has 0 spiro atoms. The number of anilines is 1. The van der Waals surface area contributed by atoms with E-state index in [0.717, 1.165) is 0 Å². The molecule has 0 saturated heterocycles. The number of nitrogens with zero attached hydrogens (tertiary/aromatic N) is 4. The molecule has 2 atom stereocenters. The third-order valence-electron chi connectivity index (χ3n) is 5.24. The second-order valence-electron chi connectivity index (χ2n) is 8.69. The van der Waals surface area contributed by atoms with E-state index in [9.17, 15) is 20.4 Å². The van der Waals surface area contributed by atoms with Crippen LogP contribution < -0.4 is 5.32 Å². The lowest BCUT2D eigenvalue weighted by Crippen LogP contribution is -2.37. The summed E-state index contributed by atoms with van der Waals surface area (Å²) in [5.74, 6) is -0.162. The smallest absolute Gasteiger partial charge is 0.223 e. The molecule has 0 radical (unpaired) electrons. The second kappa shape index (κ2) is 9.86. The molecule has 3 aromatic rings. The Hall–Kier alpha value is -2.37. The minimum atomic E-state index is -1.28. The first-order valence-corrected chi connectivity index (χ1v) is 11.0. The highest BCUT2D eigenvalue weighted by Gasteiger charge is 2.28. The van der Waals surface area contributed by atoms with E-state index in [1.807, 2.05) is 13.8 Å². The van der Waals surface area contributed by atoms with Gasteiger partial charge in [0.1, 0.15) is 16.9 Å². The van der Waals surface area contributed by atoms with Crippen LogP contribution in [0.15, 0.2) is 18.3 Å². The lowest BCUT2D eigenvalue weighted by molar-refractivity contribution is 0.0641. The molecular weight excluding hydrogens is 453 g/mol. The molecule has 3 rings (SSSR count). The maximum Gasteiger partial charge on any atom is 0.223 e. The van der Waals surface area contributed by atoms with Gasteiger partial charge in [0.25, 0.3) is 0 Å². The Kier molecular flexibility index (Phi) is 7.55. The van der Waals surface area contributed by atoms with Gasteiger partial charge in [-0.3, -0.25) is 0 Å². The number of halogens is 2. The molecule has 0 unspecified atom stereocenters. The van der Waals surface area contributed by atoms with Crippen LogP contribution >= 0.6 is 11.6 Å². The normalized spacial score (nSPS) is 14.2. The van der Waals surface area contributed by atoms with Crippen molar-refractivity contribution in [2.75, 3.05) is 18.5 Å². The van der Waals surface area contributed by atoms with Gasteiger partial charge in [-0.25, -0.2) is 19.3 Å². The van der Waals surface area contributed by atoms with Crippen LogP contribution in [0.1, 0.15) is 46.0 Å². The molecule has 33 heavy (non-hydrogen) atoms. The van der Waals surface area contributed by atoms with Gasteiger partial charge in [-0.05, 0) is 46.2 Å². The van der Waals surface area contributed by atoms with Crippen LogP contribution in [0.5, 0.6) is 0 Å². The summed E-state index contributed by atoms with van der Waals surface area (Å²) in [6.45, 7) is 6.27. The fraction of sp³-hybridized carbons (Fsp3) is 0.500. The average Bonchev–Trinajstić information content (AvgIpc) is 3.15. The van der Waals surface area contributed by atoms with Crippen LogP contribution in [0.2, 0.25) is 5.02 Å². The molecule has 2 aromatic heterocycles. The molecular formula is C22H29ClFN5O4. The molecule has 2 heterocycles. The Morgan fingerprint density at radius 2 is 1.91 bits per heavy atom. The average molecular weight is 482 g/mol. The first kappa shape index (κ1) is 25.3. The summed E-state index contributed by atoms with van der Waals surface area (Å²) in [7, 11) is 0. The molecule has 0 bridgehead atoms. The fourth-order valence-electron chi connectivity index (χ4n) is 3.68. The molecule has 0 fully saturated rings. The van der Waals surface area contributed by atoms with E-state index < -0.39 is 30.2 Å². The third kappa shape index (κ3) is 5.25. The van der Waals surface area contributed by atoms with Crippen molar-refractivity contribution in [3.05, 3.63) is 35.0 Å². The van der Waals surface area contributed by atoms with Gasteiger partial charge in [0, 0.05) is 18.2 Å². The quantitative estimate of drug-likeness (QED) is 0.314. The van der Waals surface area contributed by atoms with Crippen LogP contribution in [0.25, 0.3) is 22.3 Å². The highest BCUT2D eigenvalue weighted by atomic mass is 35.5. The number of nitrogens with one attached hydrogen (secondary N) is 1. The number of rotatable bonds is 9. The molecule has 0 aliphatic carbocycles. The molecule has 11 heteroatoms. The van der Waals surface area contributed by atoms with Crippen molar-refractivity contribution in [1.29, 1.82) is 0 Å². The van der Waals surface area contributed by atoms with Crippen molar-refractivity contribution in [3.8, 4) is 11.3 Å². The SMILES string of the molecule is CC(C)n1c(C(C)(C)O)nc2c(F)cc(-c3nc(N[C@H](CCO)[C@H](O)CO)ncc3Cl)cc21. The summed E-state index contributed by atoms with van der Waals surface area (Å²) in [5, 5.41) is 42.1. The Bertz CT molecular complexity index is 1130. The van der Waals surface area contributed by atoms with Gasteiger partial charge in [0.2, 0.25) is 5.95 Å². The fourth-order valence-corrected chi connectivity index (χ4v) is 3.88. The van der Waals surface area contributed by atoms with Crippen LogP contribution in [0.4, 0.5) is 10.3 Å². The highest BCUT2D eigenvalue weighted by molar-refractivity contribution is 6.33. The van der Waals surface area contributed by atoms with E-state index in [1.165, 1.54) is 12.3 Å². The largest absolute Gasteiger partial charge is 0.396 e. The first-order chi connectivity index (χ1) is 15.5. The number of hydrogen-bond donors (Lipinski definition) is 5. The number of aliphatic hydroxyl groups excluding tert-OH is 3. The molecule has 0 aliphatic rings. The molecule has 0 amide bonds. The van der Waals surface area contributed by atoms with Gasteiger partial charge in [-0.15, -0.1) is 0 Å². The Labute approximate surface area is 195 Å². The molecule has 180 valence electrons. The monoisotopic (exact) mass is 481 g/mol. The van der Waals surface area contributed by atoms with Gasteiger partial charge >= 0.3 is 0 Å². The van der Waals surface area contributed by atoms with Crippen LogP contribution in [-0.2, 0) is 5.60 Å². The maximum absolute atomic E-state index is 15.1.